The number of aryl methyl sites for hydroxylation is 1. The predicted octanol–water partition coefficient (Wildman–Crippen LogP) is 5.44. The molecule has 3 aromatic heterocycles. The highest BCUT2D eigenvalue weighted by Crippen LogP contribution is 2.38. The molecule has 4 rings (SSSR count). The number of H-pyrrole nitrogens is 1. The number of nitrogens with one attached hydrogen (secondary N) is 2. The molecule has 150 valence electrons. The van der Waals surface area contributed by atoms with Crippen molar-refractivity contribution >= 4 is 44.0 Å². The van der Waals surface area contributed by atoms with Crippen molar-refractivity contribution in [1.29, 1.82) is 0 Å². The van der Waals surface area contributed by atoms with Crippen LogP contribution in [0.2, 0.25) is 0 Å². The molecule has 2 N–H and O–H groups in total. The van der Waals surface area contributed by atoms with Gasteiger partial charge in [0.1, 0.15) is 11.3 Å². The summed E-state index contributed by atoms with van der Waals surface area (Å²) in [7, 11) is 2.18. The first-order valence-corrected chi connectivity index (χ1v) is 11.1. The fourth-order valence-corrected chi connectivity index (χ4v) is 4.80. The molecule has 0 bridgehead atoms. The Morgan fingerprint density at radius 2 is 2.11 bits per heavy atom. The molecule has 5 nitrogen and oxygen atoms in total. The molecule has 0 atom stereocenters. The van der Waals surface area contributed by atoms with Gasteiger partial charge in [-0.2, -0.15) is 0 Å². The number of likely N-dealkylation sites (N-methyl/N-ethyl adjacent to an activating group) is 1. The Kier molecular flexibility index (Phi) is 5.19. The summed E-state index contributed by atoms with van der Waals surface area (Å²) in [6.07, 6.45) is 6.76. The molecule has 1 aliphatic heterocycles. The summed E-state index contributed by atoms with van der Waals surface area (Å²) < 4.78 is 1.22. The normalized spacial score (nSPS) is 16.1. The molecular weight excluding hydrogens is 366 g/mol. The number of aromatic amines is 1. The van der Waals surface area contributed by atoms with Gasteiger partial charge in [0.15, 0.2) is 5.82 Å². The highest BCUT2D eigenvalue weighted by Gasteiger charge is 2.21. The van der Waals surface area contributed by atoms with E-state index in [0.717, 1.165) is 60.5 Å². The van der Waals surface area contributed by atoms with Gasteiger partial charge in [-0.25, -0.2) is 9.97 Å². The maximum atomic E-state index is 4.99. The molecule has 3 aromatic rings. The Bertz CT molecular complexity index is 1020. The summed E-state index contributed by atoms with van der Waals surface area (Å²) in [5.41, 5.74) is 4.55. The highest BCUT2D eigenvalue weighted by atomic mass is 32.1. The lowest BCUT2D eigenvalue weighted by Gasteiger charge is -2.21. The number of rotatable bonds is 5. The number of thiophene rings is 1. The summed E-state index contributed by atoms with van der Waals surface area (Å²) >= 11 is 1.85. The van der Waals surface area contributed by atoms with Crippen LogP contribution in [-0.2, 0) is 6.42 Å². The van der Waals surface area contributed by atoms with E-state index in [1.165, 1.54) is 21.6 Å². The molecule has 0 unspecified atom stereocenters. The molecule has 0 amide bonds. The van der Waals surface area contributed by atoms with E-state index >= 15 is 0 Å². The van der Waals surface area contributed by atoms with Gasteiger partial charge in [0, 0.05) is 29.9 Å². The van der Waals surface area contributed by atoms with E-state index in [4.69, 9.17) is 9.97 Å². The highest BCUT2D eigenvalue weighted by molar-refractivity contribution is 7.20. The van der Waals surface area contributed by atoms with Crippen LogP contribution in [-0.4, -0.2) is 45.5 Å². The minimum atomic E-state index is -0.0640. The van der Waals surface area contributed by atoms with Gasteiger partial charge < -0.3 is 15.2 Å². The smallest absolute Gasteiger partial charge is 0.155 e. The zero-order valence-corrected chi connectivity index (χ0v) is 18.5. The van der Waals surface area contributed by atoms with Crippen LogP contribution in [0.3, 0.4) is 0 Å². The van der Waals surface area contributed by atoms with Gasteiger partial charge in [-0.15, -0.1) is 11.3 Å². The number of unbranched alkanes of at least 4 members (excludes halogenated alkanes) is 1. The minimum Gasteiger partial charge on any atom is -0.364 e. The van der Waals surface area contributed by atoms with E-state index in [-0.39, 0.29) is 5.54 Å². The van der Waals surface area contributed by atoms with Crippen molar-refractivity contribution < 1.29 is 0 Å². The first-order chi connectivity index (χ1) is 13.3. The third-order valence-electron chi connectivity index (χ3n) is 5.14. The van der Waals surface area contributed by atoms with Gasteiger partial charge in [-0.05, 0) is 52.3 Å². The van der Waals surface area contributed by atoms with Gasteiger partial charge >= 0.3 is 0 Å². The zero-order valence-electron chi connectivity index (χ0n) is 17.6. The number of pyridine rings is 1. The topological polar surface area (TPSA) is 56.8 Å². The quantitative estimate of drug-likeness (QED) is 0.601. The van der Waals surface area contributed by atoms with Crippen LogP contribution in [0.25, 0.3) is 26.8 Å². The standard InChI is InChI=1S/C22H31N5S/c1-6-7-8-17-24-18-19(25-17)21(26-22(2,3)4)23-15-13-16(28-20(15)18)14-9-11-27(5)12-10-14/h9,13H,6-8,10-12H2,1-5H3,(H,23,26)(H,24,25). The Labute approximate surface area is 171 Å². The second kappa shape index (κ2) is 7.48. The lowest BCUT2D eigenvalue weighted by Crippen LogP contribution is -2.26. The number of nitrogens with zero attached hydrogens (tertiary/aromatic N) is 3. The van der Waals surface area contributed by atoms with Gasteiger partial charge in [0.2, 0.25) is 0 Å². The van der Waals surface area contributed by atoms with Crippen molar-refractivity contribution in [1.82, 2.24) is 19.9 Å². The molecule has 0 aliphatic carbocycles. The van der Waals surface area contributed by atoms with Crippen molar-refractivity contribution in [2.45, 2.75) is 58.9 Å². The van der Waals surface area contributed by atoms with Crippen molar-refractivity contribution in [2.75, 3.05) is 25.5 Å². The summed E-state index contributed by atoms with van der Waals surface area (Å²) in [6, 6.07) is 2.26. The average molecular weight is 398 g/mol. The van der Waals surface area contributed by atoms with Crippen LogP contribution in [0.4, 0.5) is 5.82 Å². The van der Waals surface area contributed by atoms with Crippen molar-refractivity contribution in [3.63, 3.8) is 0 Å². The molecule has 4 heterocycles. The lowest BCUT2D eigenvalue weighted by molar-refractivity contribution is 0.370. The maximum absolute atomic E-state index is 4.99. The monoisotopic (exact) mass is 397 g/mol. The zero-order chi connectivity index (χ0) is 19.9. The summed E-state index contributed by atoms with van der Waals surface area (Å²) in [5.74, 6) is 1.95. The molecular formula is C22H31N5S. The fraction of sp³-hybridized carbons (Fsp3) is 0.545. The van der Waals surface area contributed by atoms with Crippen LogP contribution in [0.5, 0.6) is 0 Å². The van der Waals surface area contributed by atoms with Gasteiger partial charge in [-0.1, -0.05) is 19.4 Å². The fourth-order valence-electron chi connectivity index (χ4n) is 3.63. The first-order valence-electron chi connectivity index (χ1n) is 10.3. The summed E-state index contributed by atoms with van der Waals surface area (Å²) in [4.78, 5) is 17.2. The largest absolute Gasteiger partial charge is 0.364 e. The molecule has 0 saturated heterocycles. The van der Waals surface area contributed by atoms with E-state index in [9.17, 15) is 0 Å². The third kappa shape index (κ3) is 3.94. The molecule has 1 aliphatic rings. The summed E-state index contributed by atoms with van der Waals surface area (Å²) in [6.45, 7) is 10.8. The average Bonchev–Trinajstić information content (AvgIpc) is 3.23. The van der Waals surface area contributed by atoms with Crippen LogP contribution in [0, 0.1) is 0 Å². The summed E-state index contributed by atoms with van der Waals surface area (Å²) in [5, 5.41) is 3.57. The van der Waals surface area contributed by atoms with E-state index < -0.39 is 0 Å². The van der Waals surface area contributed by atoms with E-state index in [0.29, 0.717) is 0 Å². The number of fused-ring (bicyclic) bond motifs is 3. The van der Waals surface area contributed by atoms with Crippen LogP contribution in [0.15, 0.2) is 12.1 Å². The van der Waals surface area contributed by atoms with Gasteiger partial charge in [0.25, 0.3) is 0 Å². The number of aromatic nitrogens is 3. The molecule has 0 radical (unpaired) electrons. The molecule has 0 spiro atoms. The van der Waals surface area contributed by atoms with Crippen LogP contribution in [0.1, 0.15) is 57.7 Å². The second-order valence-corrected chi connectivity index (χ2v) is 9.96. The van der Waals surface area contributed by atoms with Crippen molar-refractivity contribution in [3.8, 4) is 0 Å². The Morgan fingerprint density at radius 3 is 2.79 bits per heavy atom. The predicted molar refractivity (Wildman–Crippen MR) is 121 cm³/mol. The number of imidazole rings is 1. The minimum absolute atomic E-state index is 0.0640. The third-order valence-corrected chi connectivity index (χ3v) is 6.36. The van der Waals surface area contributed by atoms with Crippen LogP contribution < -0.4 is 5.32 Å². The number of hydrogen-bond donors (Lipinski definition) is 2. The van der Waals surface area contributed by atoms with Crippen molar-refractivity contribution in [2.24, 2.45) is 0 Å². The molecule has 28 heavy (non-hydrogen) atoms. The first kappa shape index (κ1) is 19.4. The van der Waals surface area contributed by atoms with E-state index in [1.54, 1.807) is 0 Å². The SMILES string of the molecule is CCCCc1nc2c(NC(C)(C)C)nc3cc(C4=CCN(C)CC4)sc3c2[nH]1. The van der Waals surface area contributed by atoms with Gasteiger partial charge in [0.05, 0.1) is 15.7 Å². The number of anilines is 1. The Morgan fingerprint density at radius 1 is 1.29 bits per heavy atom. The molecule has 0 aromatic carbocycles. The Balaban J connectivity index is 1.84. The van der Waals surface area contributed by atoms with Crippen molar-refractivity contribution in [3.05, 3.63) is 22.8 Å². The maximum Gasteiger partial charge on any atom is 0.155 e. The molecule has 6 heteroatoms. The molecule has 0 saturated carbocycles. The second-order valence-electron chi connectivity index (χ2n) is 8.91. The van der Waals surface area contributed by atoms with E-state index in [2.05, 4.69) is 62.1 Å². The number of hydrogen-bond acceptors (Lipinski definition) is 5. The lowest BCUT2D eigenvalue weighted by atomic mass is 10.1. The molecule has 0 fully saturated rings. The Hall–Kier alpha value is -1.92. The van der Waals surface area contributed by atoms with Gasteiger partial charge in [-0.3, -0.25) is 0 Å². The van der Waals surface area contributed by atoms with E-state index in [1.807, 2.05) is 11.3 Å². The van der Waals surface area contributed by atoms with Crippen LogP contribution >= 0.6 is 11.3 Å².